The first kappa shape index (κ1) is 14.7. The Morgan fingerprint density at radius 3 is 2.35 bits per heavy atom. The van der Waals surface area contributed by atoms with E-state index in [2.05, 4.69) is 46.0 Å². The highest BCUT2D eigenvalue weighted by atomic mass is 32.1. The Labute approximate surface area is 109 Å². The van der Waals surface area contributed by atoms with Gasteiger partial charge >= 0.3 is 0 Å². The van der Waals surface area contributed by atoms with E-state index in [4.69, 9.17) is 5.11 Å². The minimum atomic E-state index is 0.254. The summed E-state index contributed by atoms with van der Waals surface area (Å²) in [5.74, 6) is 0.546. The van der Waals surface area contributed by atoms with E-state index in [1.807, 2.05) is 11.3 Å². The molecular formula is C14H25NOS. The van der Waals surface area contributed by atoms with Crippen LogP contribution in [0, 0.1) is 19.8 Å². The molecule has 0 aliphatic rings. The summed E-state index contributed by atoms with van der Waals surface area (Å²) < 4.78 is 0. The molecule has 0 fully saturated rings. The zero-order chi connectivity index (χ0) is 13.0. The summed E-state index contributed by atoms with van der Waals surface area (Å²) in [6.07, 6.45) is 0.824. The second-order valence-electron chi connectivity index (χ2n) is 5.12. The Hall–Kier alpha value is -0.380. The van der Waals surface area contributed by atoms with Crippen molar-refractivity contribution in [1.29, 1.82) is 0 Å². The first-order chi connectivity index (χ1) is 7.95. The molecule has 1 heterocycles. The topological polar surface area (TPSA) is 32.3 Å². The third-order valence-corrected chi connectivity index (χ3v) is 4.24. The van der Waals surface area contributed by atoms with Gasteiger partial charge in [0.05, 0.1) is 0 Å². The maximum atomic E-state index is 9.09. The highest BCUT2D eigenvalue weighted by Crippen LogP contribution is 2.27. The van der Waals surface area contributed by atoms with Crippen LogP contribution in [0.25, 0.3) is 0 Å². The lowest BCUT2D eigenvalue weighted by molar-refractivity contribution is 0.237. The van der Waals surface area contributed by atoms with Gasteiger partial charge < -0.3 is 10.4 Å². The minimum Gasteiger partial charge on any atom is -0.396 e. The fraction of sp³-hybridized carbons (Fsp3) is 0.714. The molecule has 98 valence electrons. The molecule has 2 atom stereocenters. The average Bonchev–Trinajstić information content (AvgIpc) is 2.57. The molecule has 2 unspecified atom stereocenters. The number of aryl methyl sites for hydroxylation is 2. The van der Waals surface area contributed by atoms with Crippen LogP contribution in [0.1, 0.15) is 48.6 Å². The summed E-state index contributed by atoms with van der Waals surface area (Å²) in [4.78, 5) is 2.77. The van der Waals surface area contributed by atoms with Gasteiger partial charge in [0.2, 0.25) is 0 Å². The van der Waals surface area contributed by atoms with Gasteiger partial charge in [-0.1, -0.05) is 13.8 Å². The van der Waals surface area contributed by atoms with Crippen LogP contribution >= 0.6 is 11.3 Å². The molecular weight excluding hydrogens is 230 g/mol. The molecule has 1 aromatic rings. The maximum absolute atomic E-state index is 9.09. The molecule has 0 spiro atoms. The van der Waals surface area contributed by atoms with Crippen molar-refractivity contribution in [3.8, 4) is 0 Å². The fourth-order valence-electron chi connectivity index (χ4n) is 2.24. The Balaban J connectivity index is 2.69. The third kappa shape index (κ3) is 4.09. The van der Waals surface area contributed by atoms with Gasteiger partial charge in [0.25, 0.3) is 0 Å². The van der Waals surface area contributed by atoms with Gasteiger partial charge in [-0.15, -0.1) is 11.3 Å². The van der Waals surface area contributed by atoms with E-state index in [1.165, 1.54) is 15.3 Å². The average molecular weight is 255 g/mol. The van der Waals surface area contributed by atoms with Crippen LogP contribution in [0.3, 0.4) is 0 Å². The van der Waals surface area contributed by atoms with Crippen LogP contribution in [0.15, 0.2) is 6.07 Å². The van der Waals surface area contributed by atoms with Crippen molar-refractivity contribution in [2.45, 2.75) is 53.1 Å². The van der Waals surface area contributed by atoms with Crippen molar-refractivity contribution >= 4 is 11.3 Å². The van der Waals surface area contributed by atoms with Crippen LogP contribution in [0.2, 0.25) is 0 Å². The smallest absolute Gasteiger partial charge is 0.0445 e. The van der Waals surface area contributed by atoms with E-state index in [0.717, 1.165) is 6.42 Å². The molecule has 17 heavy (non-hydrogen) atoms. The SMILES string of the molecule is Cc1cc(C(C)NC(CCO)C(C)C)c(C)s1. The van der Waals surface area contributed by atoms with E-state index in [9.17, 15) is 0 Å². The van der Waals surface area contributed by atoms with Crippen molar-refractivity contribution in [2.24, 2.45) is 5.92 Å². The largest absolute Gasteiger partial charge is 0.396 e. The molecule has 1 aromatic heterocycles. The summed E-state index contributed by atoms with van der Waals surface area (Å²) in [6.45, 7) is 11.2. The number of aliphatic hydroxyl groups excluding tert-OH is 1. The summed E-state index contributed by atoms with van der Waals surface area (Å²) in [5.41, 5.74) is 1.40. The molecule has 1 rings (SSSR count). The number of rotatable bonds is 6. The van der Waals surface area contributed by atoms with Crippen molar-refractivity contribution < 1.29 is 5.11 Å². The predicted octanol–water partition coefficient (Wildman–Crippen LogP) is 3.42. The monoisotopic (exact) mass is 255 g/mol. The number of hydrogen-bond donors (Lipinski definition) is 2. The van der Waals surface area contributed by atoms with Gasteiger partial charge in [-0.3, -0.25) is 0 Å². The predicted molar refractivity (Wildman–Crippen MR) is 75.7 cm³/mol. The molecule has 0 aliphatic carbocycles. The van der Waals surface area contributed by atoms with Crippen LogP contribution in [0.5, 0.6) is 0 Å². The van der Waals surface area contributed by atoms with Crippen molar-refractivity contribution in [3.05, 3.63) is 21.4 Å². The molecule has 0 saturated heterocycles. The quantitative estimate of drug-likeness (QED) is 0.816. The molecule has 0 radical (unpaired) electrons. The first-order valence-corrected chi connectivity index (χ1v) is 7.21. The van der Waals surface area contributed by atoms with Gasteiger partial charge in [0, 0.05) is 28.4 Å². The minimum absolute atomic E-state index is 0.254. The van der Waals surface area contributed by atoms with E-state index in [0.29, 0.717) is 18.0 Å². The number of hydrogen-bond acceptors (Lipinski definition) is 3. The van der Waals surface area contributed by atoms with Gasteiger partial charge in [0.1, 0.15) is 0 Å². The number of nitrogens with one attached hydrogen (secondary N) is 1. The lowest BCUT2D eigenvalue weighted by Gasteiger charge is -2.26. The van der Waals surface area contributed by atoms with Gasteiger partial charge in [-0.25, -0.2) is 0 Å². The highest BCUT2D eigenvalue weighted by Gasteiger charge is 2.18. The number of thiophene rings is 1. The highest BCUT2D eigenvalue weighted by molar-refractivity contribution is 7.12. The normalized spacial score (nSPS) is 15.2. The van der Waals surface area contributed by atoms with Crippen LogP contribution < -0.4 is 5.32 Å². The van der Waals surface area contributed by atoms with E-state index in [1.54, 1.807) is 0 Å². The van der Waals surface area contributed by atoms with Gasteiger partial charge in [0.15, 0.2) is 0 Å². The van der Waals surface area contributed by atoms with Gasteiger partial charge in [-0.05, 0) is 44.7 Å². The fourth-order valence-corrected chi connectivity index (χ4v) is 3.26. The maximum Gasteiger partial charge on any atom is 0.0445 e. The molecule has 2 nitrogen and oxygen atoms in total. The summed E-state index contributed by atoms with van der Waals surface area (Å²) in [5, 5.41) is 12.7. The van der Waals surface area contributed by atoms with Gasteiger partial charge in [-0.2, -0.15) is 0 Å². The lowest BCUT2D eigenvalue weighted by atomic mass is 9.99. The second kappa shape index (κ2) is 6.53. The Morgan fingerprint density at radius 1 is 1.29 bits per heavy atom. The lowest BCUT2D eigenvalue weighted by Crippen LogP contribution is -2.36. The Kier molecular flexibility index (Phi) is 5.63. The van der Waals surface area contributed by atoms with E-state index >= 15 is 0 Å². The first-order valence-electron chi connectivity index (χ1n) is 6.39. The van der Waals surface area contributed by atoms with Crippen LogP contribution in [-0.2, 0) is 0 Å². The van der Waals surface area contributed by atoms with Crippen molar-refractivity contribution in [2.75, 3.05) is 6.61 Å². The summed E-state index contributed by atoms with van der Waals surface area (Å²) >= 11 is 1.86. The van der Waals surface area contributed by atoms with Crippen LogP contribution in [-0.4, -0.2) is 17.8 Å². The van der Waals surface area contributed by atoms with Crippen molar-refractivity contribution in [1.82, 2.24) is 5.32 Å². The second-order valence-corrected chi connectivity index (χ2v) is 6.58. The van der Waals surface area contributed by atoms with E-state index in [-0.39, 0.29) is 6.61 Å². The Bertz CT molecular complexity index is 346. The molecule has 2 N–H and O–H groups in total. The zero-order valence-corrected chi connectivity index (χ0v) is 12.4. The summed E-state index contributed by atoms with van der Waals surface area (Å²) in [6, 6.07) is 3.02. The van der Waals surface area contributed by atoms with Crippen LogP contribution in [0.4, 0.5) is 0 Å². The standard InChI is InChI=1S/C14H25NOS/c1-9(2)14(6-7-16)15-11(4)13-8-10(3)17-12(13)5/h8-9,11,14-16H,6-7H2,1-5H3. The number of aliphatic hydroxyl groups is 1. The molecule has 3 heteroatoms. The zero-order valence-electron chi connectivity index (χ0n) is 11.6. The summed E-state index contributed by atoms with van der Waals surface area (Å²) in [7, 11) is 0. The molecule has 0 bridgehead atoms. The Morgan fingerprint density at radius 2 is 1.94 bits per heavy atom. The molecule has 0 amide bonds. The van der Waals surface area contributed by atoms with Crippen molar-refractivity contribution in [3.63, 3.8) is 0 Å². The molecule has 0 saturated carbocycles. The van der Waals surface area contributed by atoms with E-state index < -0.39 is 0 Å². The molecule has 0 aliphatic heterocycles. The molecule has 0 aromatic carbocycles. The third-order valence-electron chi connectivity index (χ3n) is 3.25.